The van der Waals surface area contributed by atoms with E-state index in [0.29, 0.717) is 30.0 Å². The highest BCUT2D eigenvalue weighted by Gasteiger charge is 2.32. The molecule has 0 radical (unpaired) electrons. The number of aliphatic imine (C=N–C) groups is 1. The van der Waals surface area contributed by atoms with Crippen LogP contribution in [0.2, 0.25) is 0 Å². The molecule has 1 N–H and O–H groups in total. The summed E-state index contributed by atoms with van der Waals surface area (Å²) in [5, 5.41) is 11.7. The van der Waals surface area contributed by atoms with Gasteiger partial charge in [-0.2, -0.15) is 14.9 Å². The summed E-state index contributed by atoms with van der Waals surface area (Å²) in [6.07, 6.45) is 10.5. The first-order valence-corrected chi connectivity index (χ1v) is 15.0. The number of likely N-dealkylation sites (tertiary alicyclic amines) is 1. The number of nitrogens with one attached hydrogen (secondary N) is 1. The average Bonchev–Trinajstić information content (AvgIpc) is 3.78. The van der Waals surface area contributed by atoms with Crippen molar-refractivity contribution in [2.45, 2.75) is 58.0 Å². The fourth-order valence-electron chi connectivity index (χ4n) is 6.14. The lowest BCUT2D eigenvalue weighted by molar-refractivity contribution is -0.105. The van der Waals surface area contributed by atoms with Crippen molar-refractivity contribution < 1.29 is 9.18 Å². The highest BCUT2D eigenvalue weighted by Crippen LogP contribution is 2.32. The van der Waals surface area contributed by atoms with E-state index in [9.17, 15) is 9.18 Å². The molecule has 2 saturated heterocycles. The summed E-state index contributed by atoms with van der Waals surface area (Å²) in [5.41, 5.74) is 4.34. The topological polar surface area (TPSA) is 96.5 Å². The summed E-state index contributed by atoms with van der Waals surface area (Å²) in [6.45, 7) is 9.04. The first kappa shape index (κ1) is 28.7. The number of aryl methyl sites for hydroxylation is 3. The normalized spacial score (nSPS) is 18.7. The van der Waals surface area contributed by atoms with Crippen LogP contribution in [0.1, 0.15) is 48.4 Å². The van der Waals surface area contributed by atoms with Crippen LogP contribution >= 0.6 is 0 Å². The molecule has 0 bridgehead atoms. The third-order valence-corrected chi connectivity index (χ3v) is 8.54. The van der Waals surface area contributed by atoms with E-state index in [1.165, 1.54) is 12.1 Å². The van der Waals surface area contributed by atoms with E-state index in [1.807, 2.05) is 61.3 Å². The van der Waals surface area contributed by atoms with Crippen molar-refractivity contribution >= 4 is 29.9 Å². The van der Waals surface area contributed by atoms with Crippen LogP contribution in [-0.4, -0.2) is 74.3 Å². The quantitative estimate of drug-likeness (QED) is 0.320. The third-order valence-electron chi connectivity index (χ3n) is 8.54. The largest absolute Gasteiger partial charge is 0.370 e. The first-order chi connectivity index (χ1) is 21.0. The lowest BCUT2D eigenvalue weighted by Crippen LogP contribution is -2.42. The van der Waals surface area contributed by atoms with Gasteiger partial charge in [-0.25, -0.2) is 19.0 Å². The van der Waals surface area contributed by atoms with E-state index in [1.54, 1.807) is 10.9 Å². The first-order valence-electron chi connectivity index (χ1n) is 15.0. The summed E-state index contributed by atoms with van der Waals surface area (Å²) in [4.78, 5) is 24.8. The van der Waals surface area contributed by atoms with Gasteiger partial charge in [0.25, 0.3) is 0 Å². The Morgan fingerprint density at radius 2 is 1.79 bits per heavy atom. The zero-order chi connectivity index (χ0) is 29.8. The zero-order valence-corrected chi connectivity index (χ0v) is 24.7. The Kier molecular flexibility index (Phi) is 8.59. The van der Waals surface area contributed by atoms with Gasteiger partial charge in [-0.05, 0) is 82.1 Å². The predicted molar refractivity (Wildman–Crippen MR) is 166 cm³/mol. The Bertz CT molecular complexity index is 1550. The minimum atomic E-state index is -0.191. The van der Waals surface area contributed by atoms with Crippen LogP contribution in [0.5, 0.6) is 0 Å². The maximum Gasteiger partial charge on any atom is 0.212 e. The highest BCUT2D eigenvalue weighted by molar-refractivity contribution is 5.70. The number of fused-ring (bicyclic) bond motifs is 1. The molecular formula is C32H38FN9O. The number of benzene rings is 1. The summed E-state index contributed by atoms with van der Waals surface area (Å²) in [6, 6.07) is 13.2. The molecule has 1 atom stereocenters. The number of anilines is 2. The number of amides is 1. The van der Waals surface area contributed by atoms with Crippen molar-refractivity contribution in [3.8, 4) is 5.82 Å². The summed E-state index contributed by atoms with van der Waals surface area (Å²) >= 11 is 0. The van der Waals surface area contributed by atoms with Crippen LogP contribution in [0.4, 0.5) is 21.7 Å². The Labute approximate surface area is 251 Å². The monoisotopic (exact) mass is 583 g/mol. The Morgan fingerprint density at radius 1 is 0.977 bits per heavy atom. The van der Waals surface area contributed by atoms with Crippen LogP contribution < -0.4 is 10.2 Å². The number of hydrogen-bond acceptors (Lipinski definition) is 7. The third kappa shape index (κ3) is 6.51. The van der Waals surface area contributed by atoms with E-state index in [0.717, 1.165) is 86.7 Å². The Hall–Kier alpha value is -4.38. The van der Waals surface area contributed by atoms with Crippen LogP contribution in [-0.2, 0) is 11.3 Å². The fraction of sp³-hybridized carbons (Fsp3) is 0.406. The molecule has 4 aromatic rings. The molecule has 1 unspecified atom stereocenters. The number of piperidine rings is 1. The Morgan fingerprint density at radius 3 is 2.51 bits per heavy atom. The van der Waals surface area contributed by atoms with Gasteiger partial charge in [-0.1, -0.05) is 6.07 Å². The number of carbonyl (C=O) groups is 1. The van der Waals surface area contributed by atoms with E-state index in [-0.39, 0.29) is 5.82 Å². The molecule has 0 saturated carbocycles. The molecule has 3 aromatic heterocycles. The maximum absolute atomic E-state index is 13.2. The van der Waals surface area contributed by atoms with Crippen LogP contribution in [0.25, 0.3) is 5.82 Å². The second-order valence-corrected chi connectivity index (χ2v) is 11.5. The molecule has 0 spiro atoms. The smallest absolute Gasteiger partial charge is 0.212 e. The summed E-state index contributed by atoms with van der Waals surface area (Å²) in [7, 11) is 0. The van der Waals surface area contributed by atoms with Gasteiger partial charge in [-0.15, -0.1) is 0 Å². The molecule has 10 nitrogen and oxygen atoms in total. The molecule has 6 heterocycles. The fourth-order valence-corrected chi connectivity index (χ4v) is 6.14. The number of halogens is 1. The molecule has 224 valence electrons. The molecule has 1 amide bonds. The molecule has 3 aliphatic rings. The molecule has 1 aromatic carbocycles. The predicted octanol–water partition coefficient (Wildman–Crippen LogP) is 5.04. The van der Waals surface area contributed by atoms with Gasteiger partial charge in [0.2, 0.25) is 6.41 Å². The van der Waals surface area contributed by atoms with E-state index in [2.05, 4.69) is 30.2 Å². The van der Waals surface area contributed by atoms with Gasteiger partial charge in [0, 0.05) is 67.7 Å². The molecule has 2 fully saturated rings. The minimum Gasteiger partial charge on any atom is -0.370 e. The lowest BCUT2D eigenvalue weighted by atomic mass is 9.92. The molecule has 11 heteroatoms. The van der Waals surface area contributed by atoms with Gasteiger partial charge in [-0.3, -0.25) is 9.69 Å². The zero-order valence-electron chi connectivity index (χ0n) is 24.7. The molecular weight excluding hydrogens is 545 g/mol. The molecule has 0 aliphatic carbocycles. The summed E-state index contributed by atoms with van der Waals surface area (Å²) in [5.74, 6) is 2.52. The van der Waals surface area contributed by atoms with E-state index < -0.39 is 0 Å². The van der Waals surface area contributed by atoms with Gasteiger partial charge >= 0.3 is 0 Å². The number of nitrogens with zero attached hydrogens (tertiary/aromatic N) is 8. The second-order valence-electron chi connectivity index (χ2n) is 11.5. The van der Waals surface area contributed by atoms with Crippen LogP contribution in [0.15, 0.2) is 59.9 Å². The van der Waals surface area contributed by atoms with Gasteiger partial charge in [0.15, 0.2) is 11.6 Å². The van der Waals surface area contributed by atoms with Crippen molar-refractivity contribution in [3.63, 3.8) is 0 Å². The van der Waals surface area contributed by atoms with E-state index in [4.69, 9.17) is 5.10 Å². The number of aromatic nitrogens is 5. The molecule has 43 heavy (non-hydrogen) atoms. The summed E-state index contributed by atoms with van der Waals surface area (Å²) < 4.78 is 16.9. The number of pyridine rings is 1. The SMILES string of the molecule is Cc1ccc(-n2nc(C3CCN(C4CCN(c5ccc(F)cc5)C4)CC3)cc2NC=O)nc1.Cc1cnn2c1N=CCC2. The lowest BCUT2D eigenvalue weighted by Gasteiger charge is -2.35. The standard InChI is InChI=1S/C25H29FN6O.C7H9N3/c1-18-2-7-24(27-15-18)32-25(28-17-33)14-23(29-32)19-8-11-30(12-9-19)22-10-13-31(16-22)21-5-3-20(26)4-6-21;1-6-5-9-10-4-2-3-8-7(6)10/h2-7,14-15,17,19,22H,8-13,16H2,1H3,(H,28,33);3,5H,2,4H2,1H3. The molecule has 7 rings (SSSR count). The molecule has 3 aliphatic heterocycles. The van der Waals surface area contributed by atoms with Crippen LogP contribution in [0, 0.1) is 19.7 Å². The van der Waals surface area contributed by atoms with Gasteiger partial charge < -0.3 is 10.2 Å². The number of rotatable bonds is 6. The van der Waals surface area contributed by atoms with E-state index >= 15 is 0 Å². The average molecular weight is 584 g/mol. The second kappa shape index (κ2) is 12.9. The van der Waals surface area contributed by atoms with Crippen molar-refractivity contribution in [1.29, 1.82) is 0 Å². The number of hydrogen-bond donors (Lipinski definition) is 1. The van der Waals surface area contributed by atoms with Gasteiger partial charge in [0.05, 0.1) is 11.9 Å². The maximum atomic E-state index is 13.2. The number of carbonyl (C=O) groups excluding carboxylic acids is 1. The van der Waals surface area contributed by atoms with Crippen molar-refractivity contribution in [3.05, 3.63) is 77.5 Å². The highest BCUT2D eigenvalue weighted by atomic mass is 19.1. The Balaban J connectivity index is 0.000000277. The van der Waals surface area contributed by atoms with Gasteiger partial charge in [0.1, 0.15) is 11.6 Å². The minimum absolute atomic E-state index is 0.191. The van der Waals surface area contributed by atoms with Crippen molar-refractivity contribution in [2.75, 3.05) is 36.4 Å². The van der Waals surface area contributed by atoms with Crippen LogP contribution in [0.3, 0.4) is 0 Å². The van der Waals surface area contributed by atoms with Crippen molar-refractivity contribution in [2.24, 2.45) is 4.99 Å². The van der Waals surface area contributed by atoms with Crippen molar-refractivity contribution in [1.82, 2.24) is 29.4 Å².